The number of hydrazine groups is 1. The SMILES string of the molecule is NNC(CC1CCCc2ccccc21)c1ccoc1Cl. The van der Waals surface area contributed by atoms with Gasteiger partial charge in [0.25, 0.3) is 0 Å². The Hall–Kier alpha value is -1.29. The van der Waals surface area contributed by atoms with E-state index in [1.54, 1.807) is 6.26 Å². The Kier molecular flexibility index (Phi) is 4.10. The van der Waals surface area contributed by atoms with Gasteiger partial charge in [0.15, 0.2) is 5.22 Å². The Labute approximate surface area is 124 Å². The van der Waals surface area contributed by atoms with Gasteiger partial charge in [0.2, 0.25) is 0 Å². The first-order valence-electron chi connectivity index (χ1n) is 7.06. The summed E-state index contributed by atoms with van der Waals surface area (Å²) < 4.78 is 5.18. The lowest BCUT2D eigenvalue weighted by Gasteiger charge is -2.28. The van der Waals surface area contributed by atoms with Gasteiger partial charge in [-0.05, 0) is 60.4 Å². The lowest BCUT2D eigenvalue weighted by atomic mass is 9.79. The van der Waals surface area contributed by atoms with Crippen molar-refractivity contribution < 1.29 is 4.42 Å². The smallest absolute Gasteiger partial charge is 0.197 e. The van der Waals surface area contributed by atoms with Gasteiger partial charge in [-0.3, -0.25) is 11.3 Å². The number of rotatable bonds is 4. The first kappa shape index (κ1) is 13.7. The van der Waals surface area contributed by atoms with Crippen LogP contribution in [0.4, 0.5) is 0 Å². The first-order chi connectivity index (χ1) is 9.79. The van der Waals surface area contributed by atoms with Crippen LogP contribution in [-0.4, -0.2) is 0 Å². The number of fused-ring (bicyclic) bond motifs is 1. The van der Waals surface area contributed by atoms with Gasteiger partial charge in [-0.25, -0.2) is 0 Å². The zero-order chi connectivity index (χ0) is 13.9. The predicted octanol–water partition coefficient (Wildman–Crippen LogP) is 3.95. The van der Waals surface area contributed by atoms with Crippen LogP contribution >= 0.6 is 11.6 Å². The molecule has 0 bridgehead atoms. The summed E-state index contributed by atoms with van der Waals surface area (Å²) in [6, 6.07) is 10.6. The molecule has 3 N–H and O–H groups in total. The molecule has 20 heavy (non-hydrogen) atoms. The maximum Gasteiger partial charge on any atom is 0.197 e. The van der Waals surface area contributed by atoms with E-state index in [1.165, 1.54) is 30.4 Å². The maximum atomic E-state index is 6.07. The van der Waals surface area contributed by atoms with Crippen molar-refractivity contribution in [1.82, 2.24) is 5.43 Å². The van der Waals surface area contributed by atoms with Gasteiger partial charge in [0, 0.05) is 5.56 Å². The second kappa shape index (κ2) is 6.00. The van der Waals surface area contributed by atoms with Crippen molar-refractivity contribution in [3.63, 3.8) is 0 Å². The highest BCUT2D eigenvalue weighted by Gasteiger charge is 2.25. The zero-order valence-corrected chi connectivity index (χ0v) is 12.1. The van der Waals surface area contributed by atoms with E-state index in [2.05, 4.69) is 29.7 Å². The fraction of sp³-hybridized carbons (Fsp3) is 0.375. The van der Waals surface area contributed by atoms with Gasteiger partial charge in [-0.15, -0.1) is 0 Å². The van der Waals surface area contributed by atoms with Crippen molar-refractivity contribution in [2.45, 2.75) is 37.6 Å². The molecular formula is C16H19ClN2O. The Morgan fingerprint density at radius 1 is 1.35 bits per heavy atom. The molecule has 2 unspecified atom stereocenters. The molecule has 1 heterocycles. The molecule has 3 nitrogen and oxygen atoms in total. The number of nitrogens with one attached hydrogen (secondary N) is 1. The van der Waals surface area contributed by atoms with Crippen LogP contribution in [-0.2, 0) is 6.42 Å². The van der Waals surface area contributed by atoms with Crippen LogP contribution < -0.4 is 11.3 Å². The molecule has 0 aliphatic heterocycles. The van der Waals surface area contributed by atoms with Gasteiger partial charge < -0.3 is 4.42 Å². The fourth-order valence-electron chi connectivity index (χ4n) is 3.22. The summed E-state index contributed by atoms with van der Waals surface area (Å²) in [5.74, 6) is 6.24. The number of halogens is 1. The Morgan fingerprint density at radius 2 is 2.20 bits per heavy atom. The van der Waals surface area contributed by atoms with Gasteiger partial charge in [-0.2, -0.15) is 0 Å². The first-order valence-corrected chi connectivity index (χ1v) is 7.44. The molecular weight excluding hydrogens is 272 g/mol. The van der Waals surface area contributed by atoms with E-state index in [4.69, 9.17) is 21.9 Å². The number of nitrogens with two attached hydrogens (primary N) is 1. The lowest BCUT2D eigenvalue weighted by molar-refractivity contribution is 0.422. The van der Waals surface area contributed by atoms with E-state index in [1.807, 2.05) is 6.07 Å². The van der Waals surface area contributed by atoms with Crippen molar-refractivity contribution in [3.05, 3.63) is 58.5 Å². The number of hydrogen-bond donors (Lipinski definition) is 2. The number of hydrogen-bond acceptors (Lipinski definition) is 3. The third-order valence-electron chi connectivity index (χ3n) is 4.24. The molecule has 4 heteroatoms. The van der Waals surface area contributed by atoms with Crippen LogP contribution in [0.5, 0.6) is 0 Å². The molecule has 106 valence electrons. The van der Waals surface area contributed by atoms with Crippen LogP contribution in [0.2, 0.25) is 5.22 Å². The van der Waals surface area contributed by atoms with Crippen molar-refractivity contribution in [1.29, 1.82) is 0 Å². The molecule has 2 atom stereocenters. The lowest BCUT2D eigenvalue weighted by Crippen LogP contribution is -2.30. The van der Waals surface area contributed by atoms with Crippen LogP contribution in [0, 0.1) is 0 Å². The number of aryl methyl sites for hydroxylation is 1. The van der Waals surface area contributed by atoms with Crippen molar-refractivity contribution in [2.75, 3.05) is 0 Å². The Balaban J connectivity index is 1.82. The molecule has 1 aromatic carbocycles. The third kappa shape index (κ3) is 2.62. The quantitative estimate of drug-likeness (QED) is 0.662. The monoisotopic (exact) mass is 290 g/mol. The molecule has 1 aromatic heterocycles. The molecule has 3 rings (SSSR count). The largest absolute Gasteiger partial charge is 0.453 e. The minimum Gasteiger partial charge on any atom is -0.453 e. The summed E-state index contributed by atoms with van der Waals surface area (Å²) in [6.45, 7) is 0. The van der Waals surface area contributed by atoms with E-state index in [-0.39, 0.29) is 6.04 Å². The van der Waals surface area contributed by atoms with Gasteiger partial charge in [0.05, 0.1) is 12.3 Å². The van der Waals surface area contributed by atoms with Gasteiger partial charge >= 0.3 is 0 Å². The van der Waals surface area contributed by atoms with Crippen molar-refractivity contribution in [2.24, 2.45) is 5.84 Å². The minimum absolute atomic E-state index is 0.0254. The fourth-order valence-corrected chi connectivity index (χ4v) is 3.47. The highest BCUT2D eigenvalue weighted by Crippen LogP contribution is 2.38. The third-order valence-corrected chi connectivity index (χ3v) is 4.54. The Bertz CT molecular complexity index is 581. The maximum absolute atomic E-state index is 6.07. The summed E-state index contributed by atoms with van der Waals surface area (Å²) in [4.78, 5) is 0. The minimum atomic E-state index is 0.0254. The van der Waals surface area contributed by atoms with Crippen LogP contribution in [0.1, 0.15) is 47.9 Å². The van der Waals surface area contributed by atoms with Crippen LogP contribution in [0.25, 0.3) is 0 Å². The Morgan fingerprint density at radius 3 is 2.95 bits per heavy atom. The van der Waals surface area contributed by atoms with Crippen molar-refractivity contribution >= 4 is 11.6 Å². The molecule has 1 aliphatic carbocycles. The molecule has 2 aromatic rings. The van der Waals surface area contributed by atoms with E-state index < -0.39 is 0 Å². The molecule has 0 spiro atoms. The average molecular weight is 291 g/mol. The normalized spacial score (nSPS) is 19.6. The highest BCUT2D eigenvalue weighted by molar-refractivity contribution is 6.29. The molecule has 0 radical (unpaired) electrons. The zero-order valence-electron chi connectivity index (χ0n) is 11.3. The predicted molar refractivity (Wildman–Crippen MR) is 80.5 cm³/mol. The molecule has 0 amide bonds. The van der Waals surface area contributed by atoms with Gasteiger partial charge in [-0.1, -0.05) is 24.3 Å². The number of benzene rings is 1. The van der Waals surface area contributed by atoms with Crippen molar-refractivity contribution in [3.8, 4) is 0 Å². The van der Waals surface area contributed by atoms with E-state index in [9.17, 15) is 0 Å². The highest BCUT2D eigenvalue weighted by atomic mass is 35.5. The van der Waals surface area contributed by atoms with Gasteiger partial charge in [0.1, 0.15) is 0 Å². The summed E-state index contributed by atoms with van der Waals surface area (Å²) in [7, 11) is 0. The van der Waals surface area contributed by atoms with E-state index in [0.717, 1.165) is 12.0 Å². The van der Waals surface area contributed by atoms with Crippen LogP contribution in [0.15, 0.2) is 41.0 Å². The van der Waals surface area contributed by atoms with Crippen LogP contribution in [0.3, 0.4) is 0 Å². The summed E-state index contributed by atoms with van der Waals surface area (Å²) >= 11 is 6.07. The molecule has 0 saturated heterocycles. The van der Waals surface area contributed by atoms with E-state index >= 15 is 0 Å². The second-order valence-electron chi connectivity index (χ2n) is 5.39. The summed E-state index contributed by atoms with van der Waals surface area (Å²) in [5, 5.41) is 0.428. The molecule has 0 fully saturated rings. The molecule has 0 saturated carbocycles. The standard InChI is InChI=1S/C16H19ClN2O/c17-16-14(8-9-20-16)15(19-18)10-12-6-3-5-11-4-1-2-7-13(11)12/h1-2,4,7-9,12,15,19H,3,5-6,10,18H2. The second-order valence-corrected chi connectivity index (χ2v) is 5.74. The average Bonchev–Trinajstić information content (AvgIpc) is 2.91. The molecule has 1 aliphatic rings. The van der Waals surface area contributed by atoms with E-state index in [0.29, 0.717) is 11.1 Å². The summed E-state index contributed by atoms with van der Waals surface area (Å²) in [6.07, 6.45) is 6.16. The summed E-state index contributed by atoms with van der Waals surface area (Å²) in [5.41, 5.74) is 6.75. The topological polar surface area (TPSA) is 51.2 Å². The number of furan rings is 1.